The molecule has 0 aliphatic carbocycles. The summed E-state index contributed by atoms with van der Waals surface area (Å²) < 4.78 is 12.9. The van der Waals surface area contributed by atoms with E-state index in [4.69, 9.17) is 10.4 Å². The zero-order chi connectivity index (χ0) is 8.97. The molecule has 2 nitrogen and oxygen atoms in total. The Bertz CT molecular complexity index is 352. The van der Waals surface area contributed by atoms with Gasteiger partial charge in [0.05, 0.1) is 11.8 Å². The van der Waals surface area contributed by atoms with Crippen LogP contribution in [0.15, 0.2) is 30.5 Å². The number of halogens is 1. The minimum Gasteiger partial charge on any atom is -0.514 e. The number of nitriles is 1. The van der Waals surface area contributed by atoms with Crippen molar-refractivity contribution in [2.45, 2.75) is 0 Å². The second-order valence-electron chi connectivity index (χ2n) is 2.13. The van der Waals surface area contributed by atoms with Gasteiger partial charge in [-0.15, -0.1) is 0 Å². The lowest BCUT2D eigenvalue weighted by Gasteiger charge is -1.97. The summed E-state index contributed by atoms with van der Waals surface area (Å²) in [5.74, 6) is -0.514. The molecule has 0 aromatic heterocycles. The third kappa shape index (κ3) is 1.43. The Morgan fingerprint density at radius 1 is 1.50 bits per heavy atom. The molecule has 0 fully saturated rings. The van der Waals surface area contributed by atoms with Crippen LogP contribution in [0.4, 0.5) is 4.39 Å². The van der Waals surface area contributed by atoms with Crippen molar-refractivity contribution in [3.05, 3.63) is 41.9 Å². The van der Waals surface area contributed by atoms with Crippen LogP contribution in [0.5, 0.6) is 0 Å². The van der Waals surface area contributed by atoms with E-state index in [2.05, 4.69) is 0 Å². The summed E-state index contributed by atoms with van der Waals surface area (Å²) >= 11 is 0. The van der Waals surface area contributed by atoms with Crippen LogP contribution >= 0.6 is 0 Å². The van der Waals surface area contributed by atoms with Crippen molar-refractivity contribution in [3.8, 4) is 6.07 Å². The first-order chi connectivity index (χ1) is 5.79. The van der Waals surface area contributed by atoms with Gasteiger partial charge in [0, 0.05) is 5.56 Å². The van der Waals surface area contributed by atoms with Gasteiger partial charge in [-0.2, -0.15) is 5.26 Å². The van der Waals surface area contributed by atoms with Gasteiger partial charge in [-0.3, -0.25) is 0 Å². The fourth-order valence-corrected chi connectivity index (χ4v) is 0.838. The van der Waals surface area contributed by atoms with Crippen molar-refractivity contribution in [1.82, 2.24) is 0 Å². The van der Waals surface area contributed by atoms with Gasteiger partial charge in [0.15, 0.2) is 0 Å². The second-order valence-corrected chi connectivity index (χ2v) is 2.13. The number of rotatable bonds is 1. The van der Waals surface area contributed by atoms with Gasteiger partial charge in [-0.05, 0) is 6.07 Å². The lowest BCUT2D eigenvalue weighted by atomic mass is 10.1. The molecule has 0 heterocycles. The molecule has 1 N–H and O–H groups in total. The van der Waals surface area contributed by atoms with Gasteiger partial charge < -0.3 is 5.11 Å². The molecule has 0 unspecified atom stereocenters. The smallest absolute Gasteiger partial charge is 0.131 e. The number of hydrogen-bond acceptors (Lipinski definition) is 2. The highest BCUT2D eigenvalue weighted by Crippen LogP contribution is 2.15. The average Bonchev–Trinajstić information content (AvgIpc) is 2.10. The Labute approximate surface area is 69.2 Å². The summed E-state index contributed by atoms with van der Waals surface area (Å²) in [6, 6.07) is 7.46. The Balaban J connectivity index is 3.21. The van der Waals surface area contributed by atoms with Crippen LogP contribution in [0, 0.1) is 17.1 Å². The normalized spacial score (nSPS) is 10.8. The van der Waals surface area contributed by atoms with Crippen molar-refractivity contribution in [2.24, 2.45) is 0 Å². The fraction of sp³-hybridized carbons (Fsp3) is 0. The number of benzene rings is 1. The van der Waals surface area contributed by atoms with Crippen molar-refractivity contribution >= 4 is 5.57 Å². The van der Waals surface area contributed by atoms with Crippen molar-refractivity contribution in [2.75, 3.05) is 0 Å². The summed E-state index contributed by atoms with van der Waals surface area (Å²) in [6.45, 7) is 0. The first-order valence-electron chi connectivity index (χ1n) is 3.29. The second kappa shape index (κ2) is 3.54. The predicted molar refractivity (Wildman–Crippen MR) is 42.6 cm³/mol. The highest BCUT2D eigenvalue weighted by atomic mass is 19.1. The molecule has 0 atom stereocenters. The number of allylic oxidation sites excluding steroid dienone is 1. The van der Waals surface area contributed by atoms with Crippen LogP contribution < -0.4 is 0 Å². The predicted octanol–water partition coefficient (Wildman–Crippen LogP) is 2.25. The minimum atomic E-state index is -0.514. The first-order valence-corrected chi connectivity index (χ1v) is 3.29. The van der Waals surface area contributed by atoms with E-state index in [0.717, 1.165) is 0 Å². The van der Waals surface area contributed by atoms with E-state index in [9.17, 15) is 4.39 Å². The van der Waals surface area contributed by atoms with Crippen LogP contribution in [0.25, 0.3) is 5.57 Å². The highest BCUT2D eigenvalue weighted by Gasteiger charge is 2.05. The quantitative estimate of drug-likeness (QED) is 0.509. The number of aliphatic hydroxyl groups is 1. The van der Waals surface area contributed by atoms with Gasteiger partial charge in [0.25, 0.3) is 0 Å². The molecule has 0 spiro atoms. The SMILES string of the molecule is N#CC(=CO)c1ccccc1F. The van der Waals surface area contributed by atoms with Crippen LogP contribution in [-0.4, -0.2) is 5.11 Å². The maximum absolute atomic E-state index is 12.9. The molecule has 0 saturated carbocycles. The third-order valence-corrected chi connectivity index (χ3v) is 1.41. The highest BCUT2D eigenvalue weighted by molar-refractivity contribution is 5.75. The number of nitrogens with zero attached hydrogens (tertiary/aromatic N) is 1. The van der Waals surface area contributed by atoms with Crippen LogP contribution in [0.2, 0.25) is 0 Å². The van der Waals surface area contributed by atoms with E-state index in [1.807, 2.05) is 0 Å². The zero-order valence-corrected chi connectivity index (χ0v) is 6.16. The molecular formula is C9H6FNO. The molecule has 3 heteroatoms. The van der Waals surface area contributed by atoms with Gasteiger partial charge in [-0.25, -0.2) is 4.39 Å². The maximum atomic E-state index is 12.9. The summed E-state index contributed by atoms with van der Waals surface area (Å²) in [5.41, 5.74) is 0.0376. The van der Waals surface area contributed by atoms with E-state index in [1.165, 1.54) is 18.2 Å². The van der Waals surface area contributed by atoms with Crippen LogP contribution in [0.1, 0.15) is 5.56 Å². The van der Waals surface area contributed by atoms with E-state index in [0.29, 0.717) is 6.26 Å². The molecule has 1 aromatic carbocycles. The third-order valence-electron chi connectivity index (χ3n) is 1.41. The molecule has 0 amide bonds. The molecular weight excluding hydrogens is 157 g/mol. The van der Waals surface area contributed by atoms with Crippen molar-refractivity contribution in [3.63, 3.8) is 0 Å². The lowest BCUT2D eigenvalue weighted by molar-refractivity contribution is 0.476. The molecule has 60 valence electrons. The Hall–Kier alpha value is -1.82. The van der Waals surface area contributed by atoms with Gasteiger partial charge in [0.2, 0.25) is 0 Å². The van der Waals surface area contributed by atoms with E-state index in [1.54, 1.807) is 12.1 Å². The van der Waals surface area contributed by atoms with Crippen LogP contribution in [0.3, 0.4) is 0 Å². The minimum absolute atomic E-state index is 0.0758. The summed E-state index contributed by atoms with van der Waals surface area (Å²) in [5, 5.41) is 17.0. The molecule has 1 aromatic rings. The Morgan fingerprint density at radius 3 is 2.67 bits per heavy atom. The van der Waals surface area contributed by atoms with Crippen molar-refractivity contribution < 1.29 is 9.50 Å². The molecule has 0 aliphatic rings. The van der Waals surface area contributed by atoms with E-state index >= 15 is 0 Å². The van der Waals surface area contributed by atoms with Gasteiger partial charge >= 0.3 is 0 Å². The lowest BCUT2D eigenvalue weighted by Crippen LogP contribution is -1.86. The Kier molecular flexibility index (Phi) is 2.44. The molecule has 1 rings (SSSR count). The van der Waals surface area contributed by atoms with Crippen molar-refractivity contribution in [1.29, 1.82) is 5.26 Å². The molecule has 12 heavy (non-hydrogen) atoms. The molecule has 0 saturated heterocycles. The topological polar surface area (TPSA) is 44.0 Å². The van der Waals surface area contributed by atoms with Crippen LogP contribution in [-0.2, 0) is 0 Å². The Morgan fingerprint density at radius 2 is 2.17 bits per heavy atom. The average molecular weight is 163 g/mol. The zero-order valence-electron chi connectivity index (χ0n) is 6.16. The summed E-state index contributed by atoms with van der Waals surface area (Å²) in [6.07, 6.45) is 0.596. The molecule has 0 radical (unpaired) electrons. The monoisotopic (exact) mass is 163 g/mol. The first kappa shape index (κ1) is 8.28. The fourth-order valence-electron chi connectivity index (χ4n) is 0.838. The number of aliphatic hydroxyl groups excluding tert-OH is 1. The molecule has 0 bridgehead atoms. The number of hydrogen-bond donors (Lipinski definition) is 1. The maximum Gasteiger partial charge on any atom is 0.131 e. The van der Waals surface area contributed by atoms with E-state index in [-0.39, 0.29) is 11.1 Å². The molecule has 0 aliphatic heterocycles. The standard InChI is InChI=1S/C9H6FNO/c10-9-4-2-1-3-8(9)7(5-11)6-12/h1-4,6,12H. The summed E-state index contributed by atoms with van der Waals surface area (Å²) in [4.78, 5) is 0. The van der Waals surface area contributed by atoms with Gasteiger partial charge in [0.1, 0.15) is 11.9 Å². The largest absolute Gasteiger partial charge is 0.514 e. The summed E-state index contributed by atoms with van der Waals surface area (Å²) in [7, 11) is 0. The van der Waals surface area contributed by atoms with Gasteiger partial charge in [-0.1, -0.05) is 18.2 Å². The van der Waals surface area contributed by atoms with E-state index < -0.39 is 5.82 Å².